The van der Waals surface area contributed by atoms with Crippen molar-refractivity contribution in [1.82, 2.24) is 10.6 Å². The summed E-state index contributed by atoms with van der Waals surface area (Å²) >= 11 is 5.10. The highest BCUT2D eigenvalue weighted by Crippen LogP contribution is 2.17. The quantitative estimate of drug-likeness (QED) is 0.261. The topological polar surface area (TPSA) is 123 Å². The van der Waals surface area contributed by atoms with E-state index in [-0.39, 0.29) is 22.3 Å². The number of nitro benzene ring substituents is 1. The lowest BCUT2D eigenvalue weighted by atomic mass is 10.1. The van der Waals surface area contributed by atoms with Crippen molar-refractivity contribution in [3.8, 4) is 0 Å². The molecule has 10 heteroatoms. The maximum Gasteiger partial charge on any atom is 0.282 e. The van der Waals surface area contributed by atoms with Gasteiger partial charge in [-0.1, -0.05) is 18.2 Å². The van der Waals surface area contributed by atoms with Gasteiger partial charge in [0.1, 0.15) is 5.56 Å². The fourth-order valence-electron chi connectivity index (χ4n) is 2.42. The molecule has 152 valence electrons. The standard InChI is InChI=1S/C19H20N4O5S/c1-28-11-5-10-20-17(24)13-6-4-7-14(12-13)21-19(29)22-18(25)15-8-2-3-9-16(15)23(26)27/h2-4,6-9,12H,5,10-11H2,1H3,(H,20,24)(H2,21,22,25,29). The molecule has 0 radical (unpaired) electrons. The number of thiocarbonyl (C=S) groups is 1. The first-order chi connectivity index (χ1) is 13.9. The first-order valence-corrected chi connectivity index (χ1v) is 9.06. The van der Waals surface area contributed by atoms with E-state index in [4.69, 9.17) is 17.0 Å². The van der Waals surface area contributed by atoms with Crippen LogP contribution in [0.1, 0.15) is 27.1 Å². The van der Waals surface area contributed by atoms with Crippen LogP contribution in [-0.4, -0.2) is 42.1 Å². The van der Waals surface area contributed by atoms with E-state index in [1.165, 1.54) is 24.3 Å². The van der Waals surface area contributed by atoms with Crippen LogP contribution in [0.2, 0.25) is 0 Å². The van der Waals surface area contributed by atoms with E-state index in [0.29, 0.717) is 30.8 Å². The predicted molar refractivity (Wildman–Crippen MR) is 112 cm³/mol. The molecule has 2 aromatic carbocycles. The number of hydrogen-bond acceptors (Lipinski definition) is 6. The van der Waals surface area contributed by atoms with Crippen LogP contribution in [0.5, 0.6) is 0 Å². The zero-order chi connectivity index (χ0) is 21.2. The largest absolute Gasteiger partial charge is 0.385 e. The van der Waals surface area contributed by atoms with Crippen molar-refractivity contribution in [3.05, 3.63) is 69.8 Å². The number of rotatable bonds is 8. The predicted octanol–water partition coefficient (Wildman–Crippen LogP) is 2.49. The van der Waals surface area contributed by atoms with Gasteiger partial charge < -0.3 is 15.4 Å². The molecule has 0 saturated heterocycles. The molecular formula is C19H20N4O5S. The number of ether oxygens (including phenoxy) is 1. The summed E-state index contributed by atoms with van der Waals surface area (Å²) in [6.07, 6.45) is 0.696. The Kier molecular flexibility index (Phi) is 8.19. The van der Waals surface area contributed by atoms with Gasteiger partial charge in [0.25, 0.3) is 17.5 Å². The minimum absolute atomic E-state index is 0.0502. The Bertz CT molecular complexity index is 919. The molecule has 0 atom stereocenters. The number of anilines is 1. The van der Waals surface area contributed by atoms with Crippen molar-refractivity contribution in [2.75, 3.05) is 25.6 Å². The second-order valence-electron chi connectivity index (χ2n) is 5.87. The number of amides is 2. The summed E-state index contributed by atoms with van der Waals surface area (Å²) in [4.78, 5) is 34.9. The zero-order valence-corrected chi connectivity index (χ0v) is 16.5. The molecule has 3 N–H and O–H groups in total. The minimum Gasteiger partial charge on any atom is -0.385 e. The number of para-hydroxylation sites is 1. The lowest BCUT2D eigenvalue weighted by Crippen LogP contribution is -2.34. The van der Waals surface area contributed by atoms with Crippen molar-refractivity contribution in [2.45, 2.75) is 6.42 Å². The molecule has 0 aliphatic rings. The Hall–Kier alpha value is -3.37. The van der Waals surface area contributed by atoms with Gasteiger partial charge in [-0.25, -0.2) is 0 Å². The summed E-state index contributed by atoms with van der Waals surface area (Å²) in [5.41, 5.74) is 0.480. The molecule has 0 aliphatic heterocycles. The second kappa shape index (κ2) is 10.8. The Morgan fingerprint density at radius 1 is 1.14 bits per heavy atom. The molecule has 0 heterocycles. The summed E-state index contributed by atoms with van der Waals surface area (Å²) in [5, 5.41) is 19.0. The van der Waals surface area contributed by atoms with Crippen LogP contribution in [-0.2, 0) is 4.74 Å². The van der Waals surface area contributed by atoms with Crippen LogP contribution in [0.15, 0.2) is 48.5 Å². The van der Waals surface area contributed by atoms with Gasteiger partial charge in [0, 0.05) is 37.6 Å². The fourth-order valence-corrected chi connectivity index (χ4v) is 2.63. The summed E-state index contributed by atoms with van der Waals surface area (Å²) in [6, 6.07) is 12.1. The van der Waals surface area contributed by atoms with Gasteiger partial charge in [0.05, 0.1) is 4.92 Å². The van der Waals surface area contributed by atoms with E-state index >= 15 is 0 Å². The number of methoxy groups -OCH3 is 1. The molecule has 9 nitrogen and oxygen atoms in total. The molecule has 0 unspecified atom stereocenters. The van der Waals surface area contributed by atoms with Crippen molar-refractivity contribution >= 4 is 40.5 Å². The average Bonchev–Trinajstić information content (AvgIpc) is 2.71. The van der Waals surface area contributed by atoms with E-state index in [1.807, 2.05) is 0 Å². The lowest BCUT2D eigenvalue weighted by molar-refractivity contribution is -0.385. The molecule has 2 rings (SSSR count). The van der Waals surface area contributed by atoms with Crippen LogP contribution >= 0.6 is 12.2 Å². The Balaban J connectivity index is 1.98. The first-order valence-electron chi connectivity index (χ1n) is 8.65. The monoisotopic (exact) mass is 416 g/mol. The van der Waals surface area contributed by atoms with Crippen LogP contribution in [0.25, 0.3) is 0 Å². The molecular weight excluding hydrogens is 396 g/mol. The van der Waals surface area contributed by atoms with Gasteiger partial charge in [-0.05, 0) is 42.9 Å². The van der Waals surface area contributed by atoms with Crippen molar-refractivity contribution in [3.63, 3.8) is 0 Å². The van der Waals surface area contributed by atoms with Gasteiger partial charge in [0.2, 0.25) is 0 Å². The normalized spacial score (nSPS) is 10.1. The Morgan fingerprint density at radius 3 is 2.62 bits per heavy atom. The first kappa shape index (κ1) is 21.9. The average molecular weight is 416 g/mol. The molecule has 0 aliphatic carbocycles. The lowest BCUT2D eigenvalue weighted by Gasteiger charge is -2.11. The zero-order valence-electron chi connectivity index (χ0n) is 15.6. The molecule has 0 aromatic heterocycles. The molecule has 2 aromatic rings. The highest BCUT2D eigenvalue weighted by Gasteiger charge is 2.20. The number of carbonyl (C=O) groups excluding carboxylic acids is 2. The fraction of sp³-hybridized carbons (Fsp3) is 0.211. The number of carbonyl (C=O) groups is 2. The van der Waals surface area contributed by atoms with E-state index in [0.717, 1.165) is 0 Å². The maximum absolute atomic E-state index is 12.3. The van der Waals surface area contributed by atoms with Gasteiger partial charge in [-0.15, -0.1) is 0 Å². The van der Waals surface area contributed by atoms with Gasteiger partial charge >= 0.3 is 0 Å². The van der Waals surface area contributed by atoms with Gasteiger partial charge in [0.15, 0.2) is 5.11 Å². The smallest absolute Gasteiger partial charge is 0.282 e. The number of nitrogens with one attached hydrogen (secondary N) is 3. The third-order valence-electron chi connectivity index (χ3n) is 3.77. The molecule has 0 fully saturated rings. The van der Waals surface area contributed by atoms with E-state index in [1.54, 1.807) is 31.4 Å². The van der Waals surface area contributed by atoms with Gasteiger partial charge in [-0.2, -0.15) is 0 Å². The molecule has 0 saturated carbocycles. The molecule has 29 heavy (non-hydrogen) atoms. The van der Waals surface area contributed by atoms with Crippen LogP contribution in [0.4, 0.5) is 11.4 Å². The van der Waals surface area contributed by atoms with Crippen LogP contribution in [0, 0.1) is 10.1 Å². The summed E-state index contributed by atoms with van der Waals surface area (Å²) in [6.45, 7) is 1.03. The highest BCUT2D eigenvalue weighted by atomic mass is 32.1. The minimum atomic E-state index is -0.707. The second-order valence-corrected chi connectivity index (χ2v) is 6.27. The van der Waals surface area contributed by atoms with E-state index < -0.39 is 10.8 Å². The summed E-state index contributed by atoms with van der Waals surface area (Å²) in [5.74, 6) is -0.957. The third kappa shape index (κ3) is 6.63. The van der Waals surface area contributed by atoms with Gasteiger partial charge in [-0.3, -0.25) is 25.0 Å². The van der Waals surface area contributed by atoms with Crippen molar-refractivity contribution in [1.29, 1.82) is 0 Å². The molecule has 2 amide bonds. The van der Waals surface area contributed by atoms with E-state index in [9.17, 15) is 19.7 Å². The number of hydrogen-bond donors (Lipinski definition) is 3. The molecule has 0 spiro atoms. The SMILES string of the molecule is COCCCNC(=O)c1cccc(NC(=S)NC(=O)c2ccccc2[N+](=O)[O-])c1. The number of benzene rings is 2. The molecule has 0 bridgehead atoms. The third-order valence-corrected chi connectivity index (χ3v) is 3.97. The van der Waals surface area contributed by atoms with Crippen LogP contribution < -0.4 is 16.0 Å². The van der Waals surface area contributed by atoms with Crippen molar-refractivity contribution in [2.24, 2.45) is 0 Å². The maximum atomic E-state index is 12.3. The Morgan fingerprint density at radius 2 is 1.90 bits per heavy atom. The van der Waals surface area contributed by atoms with Crippen molar-refractivity contribution < 1.29 is 19.2 Å². The van der Waals surface area contributed by atoms with Crippen LogP contribution in [0.3, 0.4) is 0 Å². The Labute approximate surface area is 172 Å². The summed E-state index contributed by atoms with van der Waals surface area (Å²) in [7, 11) is 1.59. The number of nitrogens with zero attached hydrogens (tertiary/aromatic N) is 1. The van der Waals surface area contributed by atoms with E-state index in [2.05, 4.69) is 16.0 Å². The summed E-state index contributed by atoms with van der Waals surface area (Å²) < 4.78 is 4.93. The number of nitro groups is 1. The highest BCUT2D eigenvalue weighted by molar-refractivity contribution is 7.80.